The number of primary sulfonamides is 1. The Hall–Kier alpha value is -0.170. The molecule has 0 aromatic rings. The largest absolute Gasteiger partial charge is 0.380 e. The Balaban J connectivity index is 2.58. The van der Waals surface area contributed by atoms with Crippen molar-refractivity contribution in [1.82, 2.24) is 5.32 Å². The van der Waals surface area contributed by atoms with Crippen LogP contribution in [0.4, 0.5) is 0 Å². The van der Waals surface area contributed by atoms with Crippen LogP contribution in [-0.4, -0.2) is 40.0 Å². The zero-order valence-corrected chi connectivity index (χ0v) is 7.80. The molecule has 0 radical (unpaired) electrons. The summed E-state index contributed by atoms with van der Waals surface area (Å²) < 4.78 is 26.9. The molecular weight excluding hydrogens is 180 g/mol. The molecule has 1 fully saturated rings. The van der Waals surface area contributed by atoms with Crippen molar-refractivity contribution in [2.75, 3.05) is 20.2 Å². The van der Waals surface area contributed by atoms with E-state index in [9.17, 15) is 8.42 Å². The Morgan fingerprint density at radius 3 is 2.67 bits per heavy atom. The number of hydrogen-bond acceptors (Lipinski definition) is 4. The molecule has 0 amide bonds. The van der Waals surface area contributed by atoms with Gasteiger partial charge in [-0.1, -0.05) is 0 Å². The minimum Gasteiger partial charge on any atom is -0.380 e. The fourth-order valence-corrected chi connectivity index (χ4v) is 2.13. The minimum absolute atomic E-state index is 0.0397. The first kappa shape index (κ1) is 9.91. The van der Waals surface area contributed by atoms with Crippen molar-refractivity contribution in [1.29, 1.82) is 0 Å². The van der Waals surface area contributed by atoms with Crippen LogP contribution in [0.25, 0.3) is 0 Å². The third-order valence-electron chi connectivity index (χ3n) is 2.07. The van der Waals surface area contributed by atoms with Gasteiger partial charge in [-0.05, 0) is 6.42 Å². The van der Waals surface area contributed by atoms with Gasteiger partial charge >= 0.3 is 0 Å². The van der Waals surface area contributed by atoms with Gasteiger partial charge in [0, 0.05) is 20.2 Å². The summed E-state index contributed by atoms with van der Waals surface area (Å²) in [6.07, 6.45) is 0.449. The predicted octanol–water partition coefficient (Wildman–Crippen LogP) is -1.35. The molecule has 0 saturated carbocycles. The van der Waals surface area contributed by atoms with E-state index in [0.717, 1.165) is 0 Å². The van der Waals surface area contributed by atoms with Gasteiger partial charge in [0.15, 0.2) is 0 Å². The van der Waals surface area contributed by atoms with Gasteiger partial charge in [0.1, 0.15) is 0 Å². The van der Waals surface area contributed by atoms with Crippen LogP contribution in [0.2, 0.25) is 0 Å². The van der Waals surface area contributed by atoms with Gasteiger partial charge in [0.2, 0.25) is 10.0 Å². The van der Waals surface area contributed by atoms with Crippen molar-refractivity contribution < 1.29 is 13.2 Å². The summed E-state index contributed by atoms with van der Waals surface area (Å²) in [5.41, 5.74) is 0. The van der Waals surface area contributed by atoms with E-state index in [4.69, 9.17) is 9.88 Å². The lowest BCUT2D eigenvalue weighted by molar-refractivity contribution is 0.0820. The van der Waals surface area contributed by atoms with Crippen LogP contribution in [0.5, 0.6) is 0 Å². The second-order valence-electron chi connectivity index (χ2n) is 2.96. The molecule has 1 aliphatic heterocycles. The van der Waals surface area contributed by atoms with Crippen molar-refractivity contribution in [3.05, 3.63) is 0 Å². The molecule has 0 aromatic carbocycles. The Morgan fingerprint density at radius 1 is 1.50 bits per heavy atom. The molecule has 0 aromatic heterocycles. The highest BCUT2D eigenvalue weighted by molar-refractivity contribution is 7.89. The first-order chi connectivity index (χ1) is 5.54. The van der Waals surface area contributed by atoms with E-state index in [0.29, 0.717) is 19.5 Å². The fraction of sp³-hybridized carbons (Fsp3) is 1.00. The Morgan fingerprint density at radius 2 is 2.17 bits per heavy atom. The summed E-state index contributed by atoms with van der Waals surface area (Å²) in [4.78, 5) is 0. The summed E-state index contributed by atoms with van der Waals surface area (Å²) in [5, 5.41) is 7.46. The van der Waals surface area contributed by atoms with Crippen molar-refractivity contribution in [2.24, 2.45) is 5.14 Å². The average molecular weight is 194 g/mol. The molecule has 0 spiro atoms. The number of nitrogens with one attached hydrogen (secondary N) is 1. The summed E-state index contributed by atoms with van der Waals surface area (Å²) in [6, 6.07) is 0. The standard InChI is InChI=1S/C6H14N2O3S/c1-11-5-2-6(4-8-3-5)12(7,9)10/h5-6,8H,2-4H2,1H3,(H2,7,9,10)/t5-,6?/m0/s1. The lowest BCUT2D eigenvalue weighted by atomic mass is 10.1. The maximum Gasteiger partial charge on any atom is 0.213 e. The van der Waals surface area contributed by atoms with Gasteiger partial charge in [-0.2, -0.15) is 0 Å². The van der Waals surface area contributed by atoms with Crippen LogP contribution in [0, 0.1) is 0 Å². The van der Waals surface area contributed by atoms with Crippen LogP contribution < -0.4 is 10.5 Å². The van der Waals surface area contributed by atoms with Gasteiger partial charge in [-0.25, -0.2) is 13.6 Å². The van der Waals surface area contributed by atoms with Crippen LogP contribution >= 0.6 is 0 Å². The van der Waals surface area contributed by atoms with E-state index in [-0.39, 0.29) is 6.10 Å². The lowest BCUT2D eigenvalue weighted by Crippen LogP contribution is -2.48. The Labute approximate surface area is 72.3 Å². The van der Waals surface area contributed by atoms with Crippen LogP contribution in [0.1, 0.15) is 6.42 Å². The predicted molar refractivity (Wildman–Crippen MR) is 45.2 cm³/mol. The number of sulfonamides is 1. The topological polar surface area (TPSA) is 81.4 Å². The first-order valence-electron chi connectivity index (χ1n) is 3.79. The van der Waals surface area contributed by atoms with E-state index in [1.807, 2.05) is 0 Å². The van der Waals surface area contributed by atoms with Crippen molar-refractivity contribution in [2.45, 2.75) is 17.8 Å². The maximum atomic E-state index is 10.9. The number of methoxy groups -OCH3 is 1. The third kappa shape index (κ3) is 2.41. The molecule has 3 N–H and O–H groups in total. The van der Waals surface area contributed by atoms with E-state index < -0.39 is 15.3 Å². The SMILES string of the molecule is CO[C@@H]1CNCC(S(N)(=O)=O)C1. The van der Waals surface area contributed by atoms with Crippen LogP contribution in [0.15, 0.2) is 0 Å². The summed E-state index contributed by atoms with van der Waals surface area (Å²) >= 11 is 0. The van der Waals surface area contributed by atoms with Gasteiger partial charge in [0.05, 0.1) is 11.4 Å². The first-order valence-corrected chi connectivity index (χ1v) is 5.40. The van der Waals surface area contributed by atoms with Gasteiger partial charge in [-0.3, -0.25) is 0 Å². The number of ether oxygens (including phenoxy) is 1. The van der Waals surface area contributed by atoms with Crippen molar-refractivity contribution in [3.63, 3.8) is 0 Å². The van der Waals surface area contributed by atoms with Gasteiger partial charge < -0.3 is 10.1 Å². The maximum absolute atomic E-state index is 10.9. The van der Waals surface area contributed by atoms with E-state index >= 15 is 0 Å². The Bertz CT molecular complexity index is 239. The summed E-state index contributed by atoms with van der Waals surface area (Å²) in [5.74, 6) is 0. The molecule has 1 heterocycles. The fourth-order valence-electron chi connectivity index (χ4n) is 1.30. The molecule has 0 aliphatic carbocycles. The number of piperidine rings is 1. The second kappa shape index (κ2) is 3.69. The molecule has 0 bridgehead atoms. The molecule has 72 valence electrons. The molecule has 1 aliphatic rings. The normalized spacial score (nSPS) is 31.8. The van der Waals surface area contributed by atoms with Crippen LogP contribution in [0.3, 0.4) is 0 Å². The number of nitrogens with two attached hydrogens (primary N) is 1. The highest BCUT2D eigenvalue weighted by atomic mass is 32.2. The molecular formula is C6H14N2O3S. The molecule has 1 rings (SSSR count). The van der Waals surface area contributed by atoms with Crippen molar-refractivity contribution >= 4 is 10.0 Å². The Kier molecular flexibility index (Phi) is 3.05. The highest BCUT2D eigenvalue weighted by Crippen LogP contribution is 2.11. The van der Waals surface area contributed by atoms with Crippen LogP contribution in [-0.2, 0) is 14.8 Å². The molecule has 1 saturated heterocycles. The second-order valence-corrected chi connectivity index (χ2v) is 4.81. The molecule has 12 heavy (non-hydrogen) atoms. The van der Waals surface area contributed by atoms with Crippen molar-refractivity contribution in [3.8, 4) is 0 Å². The summed E-state index contributed by atoms with van der Waals surface area (Å²) in [6.45, 7) is 1.13. The third-order valence-corrected chi connectivity index (χ3v) is 3.36. The highest BCUT2D eigenvalue weighted by Gasteiger charge is 2.28. The quantitative estimate of drug-likeness (QED) is 0.569. The zero-order chi connectivity index (χ0) is 9.19. The van der Waals surface area contributed by atoms with E-state index in [1.165, 1.54) is 0 Å². The van der Waals surface area contributed by atoms with Gasteiger partial charge in [0.25, 0.3) is 0 Å². The van der Waals surface area contributed by atoms with E-state index in [1.54, 1.807) is 7.11 Å². The number of hydrogen-bond donors (Lipinski definition) is 2. The minimum atomic E-state index is -3.41. The lowest BCUT2D eigenvalue weighted by Gasteiger charge is -2.27. The smallest absolute Gasteiger partial charge is 0.213 e. The molecule has 1 unspecified atom stereocenters. The zero-order valence-electron chi connectivity index (χ0n) is 6.99. The van der Waals surface area contributed by atoms with Gasteiger partial charge in [-0.15, -0.1) is 0 Å². The molecule has 5 nitrogen and oxygen atoms in total. The van der Waals surface area contributed by atoms with E-state index in [2.05, 4.69) is 5.32 Å². The monoisotopic (exact) mass is 194 g/mol. The molecule has 2 atom stereocenters. The average Bonchev–Trinajstić information content (AvgIpc) is 2.03. The molecule has 6 heteroatoms. The summed E-state index contributed by atoms with van der Waals surface area (Å²) in [7, 11) is -1.84. The number of rotatable bonds is 2.